The number of pyridine rings is 1. The molecule has 0 spiro atoms. The van der Waals surface area contributed by atoms with Crippen LogP contribution >= 0.6 is 0 Å². The molecule has 1 aromatic heterocycles. The lowest BCUT2D eigenvalue weighted by Crippen LogP contribution is -2.11. The molecule has 2 aromatic rings. The van der Waals surface area contributed by atoms with Gasteiger partial charge in [-0.3, -0.25) is 0 Å². The van der Waals surface area contributed by atoms with Crippen LogP contribution in [0.1, 0.15) is 24.6 Å². The molecule has 20 heavy (non-hydrogen) atoms. The Balaban J connectivity index is 2.71. The number of benzene rings is 1. The van der Waals surface area contributed by atoms with E-state index in [1.807, 2.05) is 6.92 Å². The second-order valence-corrected chi connectivity index (χ2v) is 4.62. The summed E-state index contributed by atoms with van der Waals surface area (Å²) in [4.78, 5) is 3.42. The molecule has 108 valence electrons. The number of nitrogens with one attached hydrogen (secondary N) is 1. The Morgan fingerprint density at radius 1 is 1.20 bits per heavy atom. The fourth-order valence-electron chi connectivity index (χ4n) is 1.97. The van der Waals surface area contributed by atoms with E-state index in [0.717, 1.165) is 12.5 Å². The van der Waals surface area contributed by atoms with E-state index in [4.69, 9.17) is 0 Å². The van der Waals surface area contributed by atoms with E-state index in [2.05, 4.69) is 10.3 Å². The second kappa shape index (κ2) is 5.26. The zero-order chi connectivity index (χ0) is 14.9. The molecule has 2 rings (SSSR count). The topological polar surface area (TPSA) is 24.9 Å². The summed E-state index contributed by atoms with van der Waals surface area (Å²) >= 11 is 0. The summed E-state index contributed by atoms with van der Waals surface area (Å²) in [5, 5.41) is 3.26. The van der Waals surface area contributed by atoms with Crippen molar-refractivity contribution >= 4 is 16.6 Å². The van der Waals surface area contributed by atoms with Gasteiger partial charge in [0.25, 0.3) is 0 Å². The van der Waals surface area contributed by atoms with Crippen molar-refractivity contribution in [1.29, 1.82) is 0 Å². The van der Waals surface area contributed by atoms with Gasteiger partial charge in [0.1, 0.15) is 17.0 Å². The molecule has 0 saturated heterocycles. The van der Waals surface area contributed by atoms with Crippen molar-refractivity contribution in [2.45, 2.75) is 26.4 Å². The van der Waals surface area contributed by atoms with Gasteiger partial charge in [-0.05, 0) is 37.1 Å². The zero-order valence-electron chi connectivity index (χ0n) is 11.1. The van der Waals surface area contributed by atoms with Crippen molar-refractivity contribution in [2.24, 2.45) is 0 Å². The SMILES string of the molecule is CCCNc1cc(C(F)(F)F)nc2c(F)cc(C)cc12. The molecule has 6 heteroatoms. The minimum absolute atomic E-state index is 0.256. The molecule has 0 fully saturated rings. The van der Waals surface area contributed by atoms with Crippen LogP contribution in [0, 0.1) is 12.7 Å². The van der Waals surface area contributed by atoms with Gasteiger partial charge in [-0.25, -0.2) is 9.37 Å². The maximum absolute atomic E-state index is 13.9. The van der Waals surface area contributed by atoms with E-state index in [-0.39, 0.29) is 11.2 Å². The molecule has 1 heterocycles. The highest BCUT2D eigenvalue weighted by molar-refractivity contribution is 5.92. The minimum Gasteiger partial charge on any atom is -0.384 e. The first kappa shape index (κ1) is 14.6. The number of aromatic nitrogens is 1. The lowest BCUT2D eigenvalue weighted by Gasteiger charge is -2.14. The lowest BCUT2D eigenvalue weighted by atomic mass is 10.1. The Morgan fingerprint density at radius 3 is 2.50 bits per heavy atom. The predicted octanol–water partition coefficient (Wildman–Crippen LogP) is 4.52. The third kappa shape index (κ3) is 2.84. The first-order valence-corrected chi connectivity index (χ1v) is 6.25. The number of halogens is 4. The highest BCUT2D eigenvalue weighted by Gasteiger charge is 2.33. The van der Waals surface area contributed by atoms with Crippen molar-refractivity contribution in [3.05, 3.63) is 35.3 Å². The highest BCUT2D eigenvalue weighted by Crippen LogP contribution is 2.34. The normalized spacial score (nSPS) is 11.9. The van der Waals surface area contributed by atoms with E-state index in [1.54, 1.807) is 13.0 Å². The van der Waals surface area contributed by atoms with Crippen molar-refractivity contribution in [1.82, 2.24) is 4.98 Å². The number of rotatable bonds is 3. The van der Waals surface area contributed by atoms with Crippen LogP contribution in [-0.2, 0) is 6.18 Å². The highest BCUT2D eigenvalue weighted by atomic mass is 19.4. The van der Waals surface area contributed by atoms with E-state index in [9.17, 15) is 17.6 Å². The van der Waals surface area contributed by atoms with Crippen LogP contribution in [0.4, 0.5) is 23.2 Å². The van der Waals surface area contributed by atoms with Crippen LogP contribution in [0.3, 0.4) is 0 Å². The maximum Gasteiger partial charge on any atom is 0.433 e. The maximum atomic E-state index is 13.9. The predicted molar refractivity (Wildman–Crippen MR) is 70.2 cm³/mol. The molecule has 1 aromatic carbocycles. The quantitative estimate of drug-likeness (QED) is 0.839. The molecule has 0 atom stereocenters. The molecular formula is C14H14F4N2. The summed E-state index contributed by atoms with van der Waals surface area (Å²) in [6.45, 7) is 4.09. The number of nitrogens with zero attached hydrogens (tertiary/aromatic N) is 1. The van der Waals surface area contributed by atoms with Gasteiger partial charge < -0.3 is 5.32 Å². The molecule has 1 N–H and O–H groups in total. The van der Waals surface area contributed by atoms with Crippen LogP contribution in [0.2, 0.25) is 0 Å². The first-order chi connectivity index (χ1) is 9.32. The largest absolute Gasteiger partial charge is 0.433 e. The average molecular weight is 286 g/mol. The Hall–Kier alpha value is -1.85. The molecule has 0 unspecified atom stereocenters. The molecule has 2 nitrogen and oxygen atoms in total. The molecule has 0 aliphatic heterocycles. The van der Waals surface area contributed by atoms with E-state index in [1.165, 1.54) is 6.07 Å². The summed E-state index contributed by atoms with van der Waals surface area (Å²) in [5.41, 5.74) is -0.460. The smallest absolute Gasteiger partial charge is 0.384 e. The Labute approximate surface area is 113 Å². The fourth-order valence-corrected chi connectivity index (χ4v) is 1.97. The zero-order valence-corrected chi connectivity index (χ0v) is 11.1. The minimum atomic E-state index is -4.60. The van der Waals surface area contributed by atoms with Crippen LogP contribution in [0.5, 0.6) is 0 Å². The Bertz CT molecular complexity index is 635. The number of fused-ring (bicyclic) bond motifs is 1. The van der Waals surface area contributed by atoms with Crippen LogP contribution in [-0.4, -0.2) is 11.5 Å². The van der Waals surface area contributed by atoms with Crippen molar-refractivity contribution in [2.75, 3.05) is 11.9 Å². The van der Waals surface area contributed by atoms with E-state index < -0.39 is 17.7 Å². The van der Waals surface area contributed by atoms with E-state index >= 15 is 0 Å². The first-order valence-electron chi connectivity index (χ1n) is 6.25. The standard InChI is InChI=1S/C14H14F4N2/c1-3-4-19-11-7-12(14(16,17)18)20-13-9(11)5-8(2)6-10(13)15/h5-7H,3-4H2,1-2H3,(H,19,20). The number of alkyl halides is 3. The summed E-state index contributed by atoms with van der Waals surface area (Å²) in [6, 6.07) is 3.74. The van der Waals surface area contributed by atoms with Crippen molar-refractivity contribution < 1.29 is 17.6 Å². The number of hydrogen-bond donors (Lipinski definition) is 1. The van der Waals surface area contributed by atoms with Gasteiger partial charge >= 0.3 is 6.18 Å². The van der Waals surface area contributed by atoms with Crippen LogP contribution in [0.25, 0.3) is 10.9 Å². The molecule has 0 bridgehead atoms. The third-order valence-corrected chi connectivity index (χ3v) is 2.87. The third-order valence-electron chi connectivity index (χ3n) is 2.87. The Morgan fingerprint density at radius 2 is 1.90 bits per heavy atom. The molecular weight excluding hydrogens is 272 g/mol. The Kier molecular flexibility index (Phi) is 3.83. The summed E-state index contributed by atoms with van der Waals surface area (Å²) in [6.07, 6.45) is -3.85. The van der Waals surface area contributed by atoms with Gasteiger partial charge in [-0.2, -0.15) is 13.2 Å². The lowest BCUT2D eigenvalue weighted by molar-refractivity contribution is -0.140. The summed E-state index contributed by atoms with van der Waals surface area (Å²) in [7, 11) is 0. The van der Waals surface area contributed by atoms with E-state index in [0.29, 0.717) is 17.5 Å². The molecule has 0 aliphatic rings. The number of hydrogen-bond acceptors (Lipinski definition) is 2. The van der Waals surface area contributed by atoms with Crippen molar-refractivity contribution in [3.63, 3.8) is 0 Å². The van der Waals surface area contributed by atoms with Gasteiger partial charge in [-0.15, -0.1) is 0 Å². The van der Waals surface area contributed by atoms with Gasteiger partial charge in [0.15, 0.2) is 0 Å². The number of anilines is 1. The average Bonchev–Trinajstić information content (AvgIpc) is 2.34. The summed E-state index contributed by atoms with van der Waals surface area (Å²) in [5.74, 6) is -0.745. The van der Waals surface area contributed by atoms with Gasteiger partial charge in [0, 0.05) is 17.6 Å². The van der Waals surface area contributed by atoms with Gasteiger partial charge in [0.05, 0.1) is 0 Å². The molecule has 0 saturated carbocycles. The second-order valence-electron chi connectivity index (χ2n) is 4.62. The van der Waals surface area contributed by atoms with Gasteiger partial charge in [-0.1, -0.05) is 6.92 Å². The molecule has 0 amide bonds. The van der Waals surface area contributed by atoms with Crippen molar-refractivity contribution in [3.8, 4) is 0 Å². The van der Waals surface area contributed by atoms with Crippen LogP contribution < -0.4 is 5.32 Å². The summed E-state index contributed by atoms with van der Waals surface area (Å²) < 4.78 is 52.3. The monoisotopic (exact) mass is 286 g/mol. The van der Waals surface area contributed by atoms with Crippen LogP contribution in [0.15, 0.2) is 18.2 Å². The fraction of sp³-hybridized carbons (Fsp3) is 0.357. The van der Waals surface area contributed by atoms with Gasteiger partial charge in [0.2, 0.25) is 0 Å². The molecule has 0 radical (unpaired) electrons. The molecule has 0 aliphatic carbocycles. The number of aryl methyl sites for hydroxylation is 1.